The van der Waals surface area contributed by atoms with Crippen LogP contribution in [0.25, 0.3) is 0 Å². The van der Waals surface area contributed by atoms with Gasteiger partial charge in [0.05, 0.1) is 24.2 Å². The minimum atomic E-state index is -4.54. The highest BCUT2D eigenvalue weighted by atomic mass is 19.4. The third-order valence-electron chi connectivity index (χ3n) is 3.24. The van der Waals surface area contributed by atoms with E-state index in [1.165, 1.54) is 19.2 Å². The highest BCUT2D eigenvalue weighted by molar-refractivity contribution is 5.76. The SMILES string of the molecule is COC(CN)CC(=O)NCc1ccc(OC(C)C)cc1C(F)(F)F. The van der Waals surface area contributed by atoms with E-state index in [4.69, 9.17) is 15.2 Å². The molecule has 24 heavy (non-hydrogen) atoms. The molecule has 0 fully saturated rings. The molecule has 1 rings (SSSR count). The quantitative estimate of drug-likeness (QED) is 0.757. The predicted octanol–water partition coefficient (Wildman–Crippen LogP) is 2.47. The number of halogens is 3. The first-order valence-electron chi connectivity index (χ1n) is 7.53. The maximum absolute atomic E-state index is 13.2. The molecule has 0 heterocycles. The summed E-state index contributed by atoms with van der Waals surface area (Å²) in [6, 6.07) is 3.70. The van der Waals surface area contributed by atoms with Gasteiger partial charge < -0.3 is 20.5 Å². The lowest BCUT2D eigenvalue weighted by atomic mass is 10.1. The van der Waals surface area contributed by atoms with Crippen molar-refractivity contribution in [1.29, 1.82) is 0 Å². The van der Waals surface area contributed by atoms with Crippen LogP contribution in [0.5, 0.6) is 5.75 Å². The van der Waals surface area contributed by atoms with E-state index in [1.54, 1.807) is 13.8 Å². The average molecular weight is 348 g/mol. The van der Waals surface area contributed by atoms with Crippen molar-refractivity contribution in [2.75, 3.05) is 13.7 Å². The molecule has 0 aliphatic carbocycles. The first-order chi connectivity index (χ1) is 11.2. The molecular formula is C16H23F3N2O3. The number of alkyl halides is 3. The Morgan fingerprint density at radius 3 is 2.50 bits per heavy atom. The van der Waals surface area contributed by atoms with Gasteiger partial charge in [-0.05, 0) is 31.5 Å². The Balaban J connectivity index is 2.85. The van der Waals surface area contributed by atoms with Crippen molar-refractivity contribution in [3.05, 3.63) is 29.3 Å². The number of carbonyl (C=O) groups excluding carboxylic acids is 1. The van der Waals surface area contributed by atoms with Gasteiger partial charge in [-0.15, -0.1) is 0 Å². The molecule has 5 nitrogen and oxygen atoms in total. The molecule has 0 saturated carbocycles. The minimum Gasteiger partial charge on any atom is -0.491 e. The molecule has 3 N–H and O–H groups in total. The maximum atomic E-state index is 13.2. The van der Waals surface area contributed by atoms with E-state index < -0.39 is 23.8 Å². The van der Waals surface area contributed by atoms with Crippen molar-refractivity contribution in [1.82, 2.24) is 5.32 Å². The van der Waals surface area contributed by atoms with Gasteiger partial charge in [0.25, 0.3) is 0 Å². The Labute approximate surface area is 139 Å². The monoisotopic (exact) mass is 348 g/mol. The van der Waals surface area contributed by atoms with Crippen LogP contribution in [0.1, 0.15) is 31.4 Å². The van der Waals surface area contributed by atoms with Gasteiger partial charge in [0.15, 0.2) is 0 Å². The van der Waals surface area contributed by atoms with Crippen molar-refractivity contribution in [2.45, 2.75) is 45.2 Å². The van der Waals surface area contributed by atoms with Crippen LogP contribution in [0, 0.1) is 0 Å². The number of nitrogens with two attached hydrogens (primary N) is 1. The molecule has 1 unspecified atom stereocenters. The number of hydrogen-bond acceptors (Lipinski definition) is 4. The topological polar surface area (TPSA) is 73.6 Å². The molecule has 8 heteroatoms. The Kier molecular flexibility index (Phi) is 7.50. The van der Waals surface area contributed by atoms with E-state index in [-0.39, 0.29) is 36.9 Å². The normalized spacial score (nSPS) is 13.0. The summed E-state index contributed by atoms with van der Waals surface area (Å²) < 4.78 is 49.9. The first-order valence-corrected chi connectivity index (χ1v) is 7.53. The molecule has 0 bridgehead atoms. The lowest BCUT2D eigenvalue weighted by Gasteiger charge is -2.17. The highest BCUT2D eigenvalue weighted by Crippen LogP contribution is 2.34. The number of rotatable bonds is 8. The summed E-state index contributed by atoms with van der Waals surface area (Å²) >= 11 is 0. The summed E-state index contributed by atoms with van der Waals surface area (Å²) in [5, 5.41) is 2.46. The van der Waals surface area contributed by atoms with Crippen LogP contribution in [0.4, 0.5) is 13.2 Å². The lowest BCUT2D eigenvalue weighted by molar-refractivity contribution is -0.138. The van der Waals surface area contributed by atoms with Gasteiger partial charge in [0, 0.05) is 20.2 Å². The third-order valence-corrected chi connectivity index (χ3v) is 3.24. The summed E-state index contributed by atoms with van der Waals surface area (Å²) in [6.45, 7) is 3.37. The second kappa shape index (κ2) is 8.89. The molecule has 0 aromatic heterocycles. The van der Waals surface area contributed by atoms with Crippen molar-refractivity contribution >= 4 is 5.91 Å². The highest BCUT2D eigenvalue weighted by Gasteiger charge is 2.34. The molecule has 1 amide bonds. The number of amides is 1. The summed E-state index contributed by atoms with van der Waals surface area (Å²) in [6.07, 6.45) is -5.25. The molecule has 1 aromatic rings. The number of hydrogen-bond donors (Lipinski definition) is 2. The Morgan fingerprint density at radius 2 is 2.00 bits per heavy atom. The summed E-state index contributed by atoms with van der Waals surface area (Å²) in [5.41, 5.74) is 4.54. The molecule has 1 atom stereocenters. The van der Waals surface area contributed by atoms with Crippen LogP contribution in [0.15, 0.2) is 18.2 Å². The molecule has 0 radical (unpaired) electrons. The molecule has 136 valence electrons. The van der Waals surface area contributed by atoms with E-state index >= 15 is 0 Å². The number of nitrogens with one attached hydrogen (secondary N) is 1. The van der Waals surface area contributed by atoms with Gasteiger partial charge in [-0.2, -0.15) is 13.2 Å². The lowest BCUT2D eigenvalue weighted by Crippen LogP contribution is -2.32. The van der Waals surface area contributed by atoms with Crippen LogP contribution in [0.2, 0.25) is 0 Å². The third kappa shape index (κ3) is 6.37. The van der Waals surface area contributed by atoms with Gasteiger partial charge in [-0.25, -0.2) is 0 Å². The van der Waals surface area contributed by atoms with Crippen LogP contribution >= 0.6 is 0 Å². The van der Waals surface area contributed by atoms with Crippen molar-refractivity contribution < 1.29 is 27.4 Å². The molecule has 0 spiro atoms. The van der Waals surface area contributed by atoms with E-state index in [1.807, 2.05) is 0 Å². The number of methoxy groups -OCH3 is 1. The fourth-order valence-corrected chi connectivity index (χ4v) is 2.05. The van der Waals surface area contributed by atoms with Crippen molar-refractivity contribution in [3.63, 3.8) is 0 Å². The number of benzene rings is 1. The fourth-order valence-electron chi connectivity index (χ4n) is 2.05. The smallest absolute Gasteiger partial charge is 0.416 e. The first kappa shape index (κ1) is 20.2. The van der Waals surface area contributed by atoms with Crippen molar-refractivity contribution in [3.8, 4) is 5.75 Å². The van der Waals surface area contributed by atoms with E-state index in [9.17, 15) is 18.0 Å². The maximum Gasteiger partial charge on any atom is 0.416 e. The minimum absolute atomic E-state index is 0.0110. The zero-order valence-electron chi connectivity index (χ0n) is 13.9. The van der Waals surface area contributed by atoms with E-state index in [2.05, 4.69) is 5.32 Å². The summed E-state index contributed by atoms with van der Waals surface area (Å²) in [7, 11) is 1.42. The van der Waals surface area contributed by atoms with E-state index in [0.29, 0.717) is 0 Å². The Hall–Kier alpha value is -1.80. The van der Waals surface area contributed by atoms with Gasteiger partial charge in [-0.1, -0.05) is 6.07 Å². The van der Waals surface area contributed by atoms with Crippen molar-refractivity contribution in [2.24, 2.45) is 5.73 Å². The second-order valence-corrected chi connectivity index (χ2v) is 5.56. The predicted molar refractivity (Wildman–Crippen MR) is 83.5 cm³/mol. The summed E-state index contributed by atoms with van der Waals surface area (Å²) in [5.74, 6) is -0.294. The van der Waals surface area contributed by atoms with Gasteiger partial charge in [0.1, 0.15) is 5.75 Å². The number of carbonyl (C=O) groups is 1. The zero-order chi connectivity index (χ0) is 18.3. The molecular weight excluding hydrogens is 325 g/mol. The molecule has 0 aliphatic heterocycles. The molecule has 1 aromatic carbocycles. The standard InChI is InChI=1S/C16H23F3N2O3/c1-10(2)24-12-5-4-11(14(6-12)16(17,18)19)9-21-15(22)7-13(8-20)23-3/h4-6,10,13H,7-9,20H2,1-3H3,(H,21,22). The van der Waals surface area contributed by atoms with Gasteiger partial charge in [0.2, 0.25) is 5.91 Å². The average Bonchev–Trinajstić information content (AvgIpc) is 2.49. The van der Waals surface area contributed by atoms with Gasteiger partial charge in [-0.3, -0.25) is 4.79 Å². The van der Waals surface area contributed by atoms with Crippen LogP contribution in [-0.2, 0) is 22.3 Å². The zero-order valence-corrected chi connectivity index (χ0v) is 13.9. The van der Waals surface area contributed by atoms with Crippen LogP contribution < -0.4 is 15.8 Å². The summed E-state index contributed by atoms with van der Waals surface area (Å²) in [4.78, 5) is 11.8. The Morgan fingerprint density at radius 1 is 1.33 bits per heavy atom. The molecule has 0 aliphatic rings. The van der Waals surface area contributed by atoms with Crippen LogP contribution in [-0.4, -0.2) is 31.8 Å². The Bertz CT molecular complexity index is 544. The van der Waals surface area contributed by atoms with Gasteiger partial charge >= 0.3 is 6.18 Å². The number of ether oxygens (including phenoxy) is 2. The fraction of sp³-hybridized carbons (Fsp3) is 0.562. The van der Waals surface area contributed by atoms with Crippen LogP contribution in [0.3, 0.4) is 0 Å². The van der Waals surface area contributed by atoms with E-state index in [0.717, 1.165) is 6.07 Å². The largest absolute Gasteiger partial charge is 0.491 e. The molecule has 0 saturated heterocycles. The second-order valence-electron chi connectivity index (χ2n) is 5.56.